The van der Waals surface area contributed by atoms with Gasteiger partial charge in [-0.2, -0.15) is 5.10 Å². The molecule has 2 aromatic rings. The molecule has 0 radical (unpaired) electrons. The summed E-state index contributed by atoms with van der Waals surface area (Å²) in [5, 5.41) is 20.4. The van der Waals surface area contributed by atoms with Crippen molar-refractivity contribution in [2.45, 2.75) is 13.0 Å². The van der Waals surface area contributed by atoms with E-state index in [9.17, 15) is 4.79 Å². The molecule has 0 aromatic carbocycles. The quantitative estimate of drug-likeness (QED) is 0.765. The molecule has 0 aliphatic rings. The van der Waals surface area contributed by atoms with E-state index in [1.165, 1.54) is 0 Å². The van der Waals surface area contributed by atoms with Crippen molar-refractivity contribution in [1.82, 2.24) is 15.5 Å². The Labute approximate surface area is 102 Å². The van der Waals surface area contributed by atoms with Crippen LogP contribution >= 0.6 is 11.3 Å². The molecule has 17 heavy (non-hydrogen) atoms. The normalized spacial score (nSPS) is 12.4. The summed E-state index contributed by atoms with van der Waals surface area (Å²) < 4.78 is 0. The number of hydrogen-bond acceptors (Lipinski definition) is 4. The summed E-state index contributed by atoms with van der Waals surface area (Å²) in [6.07, 6.45) is -0.561. The van der Waals surface area contributed by atoms with E-state index in [1.54, 1.807) is 24.3 Å². The maximum atomic E-state index is 11.6. The van der Waals surface area contributed by atoms with Gasteiger partial charge in [-0.3, -0.25) is 9.89 Å². The predicted molar refractivity (Wildman–Crippen MR) is 65.9 cm³/mol. The fourth-order valence-corrected chi connectivity index (χ4v) is 2.02. The van der Waals surface area contributed by atoms with Crippen LogP contribution in [0.2, 0.25) is 0 Å². The van der Waals surface area contributed by atoms with E-state index >= 15 is 0 Å². The maximum absolute atomic E-state index is 11.6. The Balaban J connectivity index is 2.05. The number of H-pyrrole nitrogens is 1. The molecule has 5 nitrogen and oxygen atoms in total. The molecule has 1 unspecified atom stereocenters. The third kappa shape index (κ3) is 2.92. The largest absolute Gasteiger partial charge is 0.392 e. The topological polar surface area (TPSA) is 78.0 Å². The van der Waals surface area contributed by atoms with Crippen LogP contribution in [-0.2, 0) is 0 Å². The Morgan fingerprint density at radius 1 is 1.71 bits per heavy atom. The monoisotopic (exact) mass is 251 g/mol. The smallest absolute Gasteiger partial charge is 0.271 e. The van der Waals surface area contributed by atoms with Crippen LogP contribution in [0.3, 0.4) is 0 Å². The molecule has 0 aliphatic carbocycles. The van der Waals surface area contributed by atoms with Crippen molar-refractivity contribution in [3.05, 3.63) is 29.3 Å². The Morgan fingerprint density at radius 2 is 2.53 bits per heavy atom. The predicted octanol–water partition coefficient (Wildman–Crippen LogP) is 1.25. The summed E-state index contributed by atoms with van der Waals surface area (Å²) >= 11 is 1.58. The van der Waals surface area contributed by atoms with Gasteiger partial charge in [0.05, 0.1) is 16.7 Å². The van der Waals surface area contributed by atoms with Gasteiger partial charge in [-0.25, -0.2) is 0 Å². The number of carbonyl (C=O) groups excluding carboxylic acids is 1. The highest BCUT2D eigenvalue weighted by atomic mass is 32.1. The molecular formula is C11H13N3O2S. The lowest BCUT2D eigenvalue weighted by atomic mass is 10.3. The van der Waals surface area contributed by atoms with Crippen LogP contribution in [0, 0.1) is 0 Å². The number of nitrogens with one attached hydrogen (secondary N) is 2. The average Bonchev–Trinajstić information content (AvgIpc) is 2.94. The van der Waals surface area contributed by atoms with Crippen molar-refractivity contribution in [2.24, 2.45) is 0 Å². The van der Waals surface area contributed by atoms with Gasteiger partial charge in [0.15, 0.2) is 5.69 Å². The lowest BCUT2D eigenvalue weighted by Gasteiger charge is -2.04. The molecule has 2 aromatic heterocycles. The molecule has 0 saturated carbocycles. The summed E-state index contributed by atoms with van der Waals surface area (Å²) in [5.74, 6) is -0.287. The fraction of sp³-hybridized carbons (Fsp3) is 0.273. The third-order valence-corrected chi connectivity index (χ3v) is 3.06. The van der Waals surface area contributed by atoms with Crippen LogP contribution in [0.4, 0.5) is 0 Å². The first-order valence-corrected chi connectivity index (χ1v) is 6.10. The molecule has 90 valence electrons. The SMILES string of the molecule is CC(O)CNC(=O)c1cc(-c2cccs2)[nH]n1. The van der Waals surface area contributed by atoms with Crippen LogP contribution in [0.1, 0.15) is 17.4 Å². The molecule has 3 N–H and O–H groups in total. The molecule has 1 amide bonds. The van der Waals surface area contributed by atoms with E-state index in [4.69, 9.17) is 5.11 Å². The van der Waals surface area contributed by atoms with Gasteiger partial charge in [-0.1, -0.05) is 6.07 Å². The zero-order valence-corrected chi connectivity index (χ0v) is 10.1. The Morgan fingerprint density at radius 3 is 3.18 bits per heavy atom. The number of hydrogen-bond donors (Lipinski definition) is 3. The van der Waals surface area contributed by atoms with Gasteiger partial charge in [-0.05, 0) is 24.4 Å². The second kappa shape index (κ2) is 5.11. The number of aliphatic hydroxyl groups excluding tert-OH is 1. The van der Waals surface area contributed by atoms with E-state index in [0.29, 0.717) is 5.69 Å². The van der Waals surface area contributed by atoms with Gasteiger partial charge in [0, 0.05) is 6.54 Å². The number of nitrogens with zero attached hydrogens (tertiary/aromatic N) is 1. The van der Waals surface area contributed by atoms with Crippen molar-refractivity contribution < 1.29 is 9.90 Å². The fourth-order valence-electron chi connectivity index (χ4n) is 1.33. The maximum Gasteiger partial charge on any atom is 0.271 e. The van der Waals surface area contributed by atoms with E-state index in [-0.39, 0.29) is 12.5 Å². The van der Waals surface area contributed by atoms with Gasteiger partial charge >= 0.3 is 0 Å². The van der Waals surface area contributed by atoms with Crippen LogP contribution in [-0.4, -0.2) is 33.9 Å². The number of thiophene rings is 1. The van der Waals surface area contributed by atoms with E-state index in [0.717, 1.165) is 10.6 Å². The van der Waals surface area contributed by atoms with Gasteiger partial charge in [0.1, 0.15) is 0 Å². The van der Waals surface area contributed by atoms with Crippen molar-refractivity contribution in [2.75, 3.05) is 6.54 Å². The Kier molecular flexibility index (Phi) is 3.55. The minimum absolute atomic E-state index is 0.222. The Bertz CT molecular complexity index is 491. The lowest BCUT2D eigenvalue weighted by Crippen LogP contribution is -2.30. The highest BCUT2D eigenvalue weighted by molar-refractivity contribution is 7.13. The number of carbonyl (C=O) groups is 1. The first kappa shape index (κ1) is 11.8. The summed E-state index contributed by atoms with van der Waals surface area (Å²) in [4.78, 5) is 12.7. The molecule has 6 heteroatoms. The first-order chi connectivity index (χ1) is 8.16. The van der Waals surface area contributed by atoms with Crippen LogP contribution in [0.15, 0.2) is 23.6 Å². The van der Waals surface area contributed by atoms with Gasteiger partial charge in [0.25, 0.3) is 5.91 Å². The third-order valence-electron chi connectivity index (χ3n) is 2.16. The van der Waals surface area contributed by atoms with E-state index in [2.05, 4.69) is 15.5 Å². The highest BCUT2D eigenvalue weighted by Gasteiger charge is 2.11. The minimum Gasteiger partial charge on any atom is -0.392 e. The van der Waals surface area contributed by atoms with E-state index < -0.39 is 6.10 Å². The van der Waals surface area contributed by atoms with Crippen molar-refractivity contribution in [3.8, 4) is 10.6 Å². The summed E-state index contributed by atoms with van der Waals surface area (Å²) in [5.41, 5.74) is 1.15. The molecule has 0 spiro atoms. The number of rotatable bonds is 4. The number of aromatic amines is 1. The zero-order valence-electron chi connectivity index (χ0n) is 9.30. The van der Waals surface area contributed by atoms with E-state index in [1.807, 2.05) is 17.5 Å². The molecule has 1 atom stereocenters. The number of aromatic nitrogens is 2. The van der Waals surface area contributed by atoms with Gasteiger partial charge < -0.3 is 10.4 Å². The van der Waals surface area contributed by atoms with Crippen LogP contribution in [0.5, 0.6) is 0 Å². The van der Waals surface area contributed by atoms with Gasteiger partial charge in [0.2, 0.25) is 0 Å². The molecule has 0 saturated heterocycles. The van der Waals surface area contributed by atoms with Crippen LogP contribution in [0.25, 0.3) is 10.6 Å². The lowest BCUT2D eigenvalue weighted by molar-refractivity contribution is 0.0919. The summed E-state index contributed by atoms with van der Waals surface area (Å²) in [6.45, 7) is 1.84. The highest BCUT2D eigenvalue weighted by Crippen LogP contribution is 2.22. The second-order valence-corrected chi connectivity index (χ2v) is 4.65. The van der Waals surface area contributed by atoms with Crippen LogP contribution < -0.4 is 5.32 Å². The second-order valence-electron chi connectivity index (χ2n) is 3.70. The Hall–Kier alpha value is -1.66. The molecular weight excluding hydrogens is 238 g/mol. The molecule has 2 rings (SSSR count). The molecule has 2 heterocycles. The van der Waals surface area contributed by atoms with Crippen molar-refractivity contribution in [3.63, 3.8) is 0 Å². The van der Waals surface area contributed by atoms with Crippen molar-refractivity contribution >= 4 is 17.2 Å². The zero-order chi connectivity index (χ0) is 12.3. The minimum atomic E-state index is -0.561. The standard InChI is InChI=1S/C11H13N3O2S/c1-7(15)6-12-11(16)9-5-8(13-14-9)10-3-2-4-17-10/h2-5,7,15H,6H2,1H3,(H,12,16)(H,13,14). The molecule has 0 fully saturated rings. The first-order valence-electron chi connectivity index (χ1n) is 5.22. The number of amides is 1. The number of aliphatic hydroxyl groups is 1. The van der Waals surface area contributed by atoms with Gasteiger partial charge in [-0.15, -0.1) is 11.3 Å². The summed E-state index contributed by atoms with van der Waals surface area (Å²) in [7, 11) is 0. The molecule has 0 bridgehead atoms. The summed E-state index contributed by atoms with van der Waals surface area (Å²) in [6, 6.07) is 5.59. The average molecular weight is 251 g/mol. The molecule has 0 aliphatic heterocycles. The van der Waals surface area contributed by atoms with Crippen molar-refractivity contribution in [1.29, 1.82) is 0 Å².